The quantitative estimate of drug-likeness (QED) is 0.191. The van der Waals surface area contributed by atoms with E-state index in [0.717, 1.165) is 10.9 Å². The number of fused-ring (bicyclic) bond motifs is 1. The maximum Gasteiger partial charge on any atom is 0.249 e. The van der Waals surface area contributed by atoms with Crippen LogP contribution in [0.3, 0.4) is 0 Å². The molecule has 2 aromatic heterocycles. The summed E-state index contributed by atoms with van der Waals surface area (Å²) in [5.74, 6) is 0. The van der Waals surface area contributed by atoms with Crippen LogP contribution in [0.15, 0.2) is 95.3 Å². The lowest BCUT2D eigenvalue weighted by molar-refractivity contribution is 0.117. The van der Waals surface area contributed by atoms with Crippen LogP contribution in [0.25, 0.3) is 22.0 Å². The van der Waals surface area contributed by atoms with Gasteiger partial charge in [-0.1, -0.05) is 59.2 Å². The zero-order valence-corrected chi connectivity index (χ0v) is 19.4. The van der Waals surface area contributed by atoms with Gasteiger partial charge >= 0.3 is 0 Å². The summed E-state index contributed by atoms with van der Waals surface area (Å²) in [6.07, 6.45) is 4.57. The van der Waals surface area contributed by atoms with Gasteiger partial charge in [-0.15, -0.1) is 0 Å². The van der Waals surface area contributed by atoms with Crippen molar-refractivity contribution in [2.45, 2.75) is 5.60 Å². The fourth-order valence-corrected chi connectivity index (χ4v) is 4.61. The molecule has 2 heterocycles. The van der Waals surface area contributed by atoms with E-state index in [9.17, 15) is 9.90 Å². The number of aliphatic hydroxyl groups is 1. The summed E-state index contributed by atoms with van der Waals surface area (Å²) in [7, 11) is 1.82. The minimum absolute atomic E-state index is 0.233. The third-order valence-electron chi connectivity index (χ3n) is 6.12. The molecule has 3 aromatic carbocycles. The largest absolute Gasteiger partial charge is 0.411 e. The van der Waals surface area contributed by atoms with Crippen molar-refractivity contribution in [3.63, 3.8) is 0 Å². The molecular formula is C27H21ClN4O3. The van der Waals surface area contributed by atoms with Crippen molar-refractivity contribution >= 4 is 28.7 Å². The molecule has 0 bridgehead atoms. The minimum Gasteiger partial charge on any atom is -0.411 e. The number of halogens is 1. The summed E-state index contributed by atoms with van der Waals surface area (Å²) >= 11 is 6.23. The Bertz CT molecular complexity index is 1620. The van der Waals surface area contributed by atoms with E-state index >= 15 is 0 Å². The first-order valence-electron chi connectivity index (χ1n) is 10.8. The summed E-state index contributed by atoms with van der Waals surface area (Å²) in [4.78, 5) is 19.5. The Morgan fingerprint density at radius 3 is 2.51 bits per heavy atom. The Hall–Kier alpha value is -4.20. The topological polar surface area (TPSA) is 104 Å². The Labute approximate surface area is 205 Å². The van der Waals surface area contributed by atoms with Crippen LogP contribution in [0.2, 0.25) is 5.02 Å². The molecule has 5 aromatic rings. The molecule has 0 fully saturated rings. The first kappa shape index (κ1) is 22.6. The summed E-state index contributed by atoms with van der Waals surface area (Å²) in [6, 6.07) is 21.3. The molecule has 3 N–H and O–H groups in total. The lowest BCUT2D eigenvalue weighted by Crippen LogP contribution is -2.31. The molecule has 1 atom stereocenters. The zero-order valence-electron chi connectivity index (χ0n) is 18.7. The van der Waals surface area contributed by atoms with E-state index < -0.39 is 5.60 Å². The molecule has 0 saturated heterocycles. The van der Waals surface area contributed by atoms with Crippen LogP contribution in [0.1, 0.15) is 22.4 Å². The molecule has 174 valence electrons. The van der Waals surface area contributed by atoms with Gasteiger partial charge in [-0.2, -0.15) is 0 Å². The average molecular weight is 485 g/mol. The van der Waals surface area contributed by atoms with E-state index in [1.807, 2.05) is 25.2 Å². The van der Waals surface area contributed by atoms with Gasteiger partial charge in [0, 0.05) is 29.0 Å². The second kappa shape index (κ2) is 8.87. The van der Waals surface area contributed by atoms with Gasteiger partial charge in [0.1, 0.15) is 0 Å². The van der Waals surface area contributed by atoms with Crippen molar-refractivity contribution in [3.8, 4) is 11.1 Å². The Balaban J connectivity index is 1.78. The first-order chi connectivity index (χ1) is 16.9. The number of imidazole rings is 1. The van der Waals surface area contributed by atoms with Crippen molar-refractivity contribution in [3.05, 3.63) is 123 Å². The molecule has 5 rings (SSSR count). The van der Waals surface area contributed by atoms with Crippen LogP contribution in [-0.4, -0.2) is 31.1 Å². The van der Waals surface area contributed by atoms with Crippen LogP contribution in [0.5, 0.6) is 0 Å². The molecule has 0 aliphatic carbocycles. The highest BCUT2D eigenvalue weighted by Crippen LogP contribution is 2.39. The second-order valence-electron chi connectivity index (χ2n) is 8.28. The monoisotopic (exact) mass is 484 g/mol. The average Bonchev–Trinajstić information content (AvgIpc) is 3.30. The predicted molar refractivity (Wildman–Crippen MR) is 136 cm³/mol. The molecular weight excluding hydrogens is 464 g/mol. The lowest BCUT2D eigenvalue weighted by atomic mass is 9.82. The number of aromatic amines is 1. The number of nitrogens with one attached hydrogen (secondary N) is 1. The number of pyridine rings is 1. The standard InChI is InChI=1S/C27H21ClN4O3/c1-32-16-29-15-25(32)27(34,19-7-5-17(6-8-19)14-30-35)20-9-10-24-23(12-20)22(13-26(33)31-24)18-3-2-4-21(28)11-18/h2-16,34-35H,1H3,(H,31,33). The fraction of sp³-hybridized carbons (Fsp3) is 0.0741. The number of rotatable bonds is 5. The molecule has 0 saturated carbocycles. The van der Waals surface area contributed by atoms with Crippen molar-refractivity contribution in [2.24, 2.45) is 12.2 Å². The molecule has 0 spiro atoms. The smallest absolute Gasteiger partial charge is 0.249 e. The number of aryl methyl sites for hydroxylation is 1. The van der Waals surface area contributed by atoms with E-state index in [1.165, 1.54) is 12.3 Å². The first-order valence-corrected chi connectivity index (χ1v) is 11.2. The van der Waals surface area contributed by atoms with Crippen LogP contribution in [0, 0.1) is 0 Å². The number of H-pyrrole nitrogens is 1. The summed E-state index contributed by atoms with van der Waals surface area (Å²) < 4.78 is 1.76. The third-order valence-corrected chi connectivity index (χ3v) is 6.35. The van der Waals surface area contributed by atoms with E-state index in [0.29, 0.717) is 38.5 Å². The highest BCUT2D eigenvalue weighted by Gasteiger charge is 2.36. The molecule has 0 aliphatic rings. The number of hydrogen-bond acceptors (Lipinski definition) is 5. The third kappa shape index (κ3) is 4.01. The van der Waals surface area contributed by atoms with Crippen LogP contribution < -0.4 is 5.56 Å². The summed E-state index contributed by atoms with van der Waals surface area (Å²) in [5, 5.41) is 25.5. The van der Waals surface area contributed by atoms with Gasteiger partial charge in [0.05, 0.1) is 24.4 Å². The highest BCUT2D eigenvalue weighted by molar-refractivity contribution is 6.30. The molecule has 35 heavy (non-hydrogen) atoms. The van der Waals surface area contributed by atoms with Crippen molar-refractivity contribution in [1.29, 1.82) is 0 Å². The van der Waals surface area contributed by atoms with Crippen LogP contribution in [-0.2, 0) is 12.6 Å². The van der Waals surface area contributed by atoms with Crippen molar-refractivity contribution in [1.82, 2.24) is 14.5 Å². The van der Waals surface area contributed by atoms with Gasteiger partial charge < -0.3 is 19.9 Å². The van der Waals surface area contributed by atoms with Gasteiger partial charge in [-0.05, 0) is 52.1 Å². The number of hydrogen-bond donors (Lipinski definition) is 3. The molecule has 1 unspecified atom stereocenters. The van der Waals surface area contributed by atoms with Crippen molar-refractivity contribution < 1.29 is 10.3 Å². The summed E-state index contributed by atoms with van der Waals surface area (Å²) in [6.45, 7) is 0. The Kier molecular flexibility index (Phi) is 5.72. The van der Waals surface area contributed by atoms with Crippen LogP contribution >= 0.6 is 11.6 Å². The highest BCUT2D eigenvalue weighted by atomic mass is 35.5. The van der Waals surface area contributed by atoms with Gasteiger partial charge in [-0.3, -0.25) is 4.79 Å². The van der Waals surface area contributed by atoms with E-state index in [4.69, 9.17) is 16.8 Å². The van der Waals surface area contributed by atoms with Gasteiger partial charge in [-0.25, -0.2) is 4.98 Å². The van der Waals surface area contributed by atoms with Crippen LogP contribution in [0.4, 0.5) is 0 Å². The fourth-order valence-electron chi connectivity index (χ4n) is 4.42. The zero-order chi connectivity index (χ0) is 24.6. The predicted octanol–water partition coefficient (Wildman–Crippen LogP) is 4.67. The molecule has 8 heteroatoms. The molecule has 0 amide bonds. The SMILES string of the molecule is Cn1cncc1C(O)(c1ccc(C=NO)cc1)c1ccc2[nH]c(=O)cc(-c3cccc(Cl)c3)c2c1. The summed E-state index contributed by atoms with van der Waals surface area (Å²) in [5.41, 5.74) is 2.78. The molecule has 0 aliphatic heterocycles. The lowest BCUT2D eigenvalue weighted by Gasteiger charge is -2.30. The molecule has 7 nitrogen and oxygen atoms in total. The number of aromatic nitrogens is 3. The van der Waals surface area contributed by atoms with Gasteiger partial charge in [0.2, 0.25) is 5.56 Å². The number of benzene rings is 3. The number of oxime groups is 1. The maximum absolute atomic E-state index is 12.4. The Morgan fingerprint density at radius 1 is 1.06 bits per heavy atom. The van der Waals surface area contributed by atoms with E-state index in [2.05, 4.69) is 15.1 Å². The van der Waals surface area contributed by atoms with E-state index in [1.54, 1.807) is 65.6 Å². The molecule has 0 radical (unpaired) electrons. The number of nitrogens with zero attached hydrogens (tertiary/aromatic N) is 3. The Morgan fingerprint density at radius 2 is 1.83 bits per heavy atom. The van der Waals surface area contributed by atoms with Gasteiger partial charge in [0.25, 0.3) is 0 Å². The van der Waals surface area contributed by atoms with Crippen molar-refractivity contribution in [2.75, 3.05) is 0 Å². The normalized spacial score (nSPS) is 13.3. The minimum atomic E-state index is -1.56. The maximum atomic E-state index is 12.4. The van der Waals surface area contributed by atoms with Gasteiger partial charge in [0.15, 0.2) is 5.60 Å². The second-order valence-corrected chi connectivity index (χ2v) is 8.72. The van der Waals surface area contributed by atoms with E-state index in [-0.39, 0.29) is 5.56 Å².